The summed E-state index contributed by atoms with van der Waals surface area (Å²) in [6, 6.07) is 0. The zero-order valence-electron chi connectivity index (χ0n) is 6.90. The number of hydrogen-bond donors (Lipinski definition) is 1. The van der Waals surface area contributed by atoms with Crippen LogP contribution in [0.1, 0.15) is 16.8 Å². The van der Waals surface area contributed by atoms with E-state index in [9.17, 15) is 0 Å². The normalized spacial score (nSPS) is 12.8. The lowest BCUT2D eigenvalue weighted by atomic mass is 10.4. The van der Waals surface area contributed by atoms with E-state index >= 15 is 0 Å². The Labute approximate surface area is 80.6 Å². The first-order chi connectivity index (χ1) is 5.65. The molecule has 1 aromatic heterocycles. The zero-order valence-corrected chi connectivity index (χ0v) is 8.54. The predicted octanol–water partition coefficient (Wildman–Crippen LogP) is 1.43. The van der Waals surface area contributed by atoms with Gasteiger partial charge in [-0.05, 0) is 6.92 Å². The van der Waals surface area contributed by atoms with Crippen molar-refractivity contribution < 1.29 is 4.74 Å². The molecule has 0 fully saturated rings. The summed E-state index contributed by atoms with van der Waals surface area (Å²) in [4.78, 5) is 4.55. The summed E-state index contributed by atoms with van der Waals surface area (Å²) in [5, 5.41) is 2.77. The van der Waals surface area contributed by atoms with E-state index in [1.165, 1.54) is 11.3 Å². The smallest absolute Gasteiger partial charge is 0.158 e. The molecule has 66 valence electrons. The Morgan fingerprint density at radius 2 is 2.50 bits per heavy atom. The number of nitrogens with two attached hydrogens (primary N) is 1. The number of aryl methyl sites for hydroxylation is 1. The third kappa shape index (κ3) is 2.00. The first-order valence-electron chi connectivity index (χ1n) is 3.39. The standard InChI is InChI=1S/C7H10N2OS2/c1-4-3-12-7(9-4)5(10-2)6(8)11/h3,5H,1-2H3,(H2,8,11). The molecule has 0 saturated carbocycles. The summed E-state index contributed by atoms with van der Waals surface area (Å²) in [5.41, 5.74) is 6.43. The molecule has 0 aliphatic heterocycles. The number of ether oxygens (including phenoxy) is 1. The maximum Gasteiger partial charge on any atom is 0.158 e. The lowest BCUT2D eigenvalue weighted by Gasteiger charge is -2.09. The van der Waals surface area contributed by atoms with Crippen LogP contribution in [0.4, 0.5) is 0 Å². The van der Waals surface area contributed by atoms with Gasteiger partial charge in [0.2, 0.25) is 0 Å². The van der Waals surface area contributed by atoms with Crippen molar-refractivity contribution in [1.82, 2.24) is 4.98 Å². The minimum atomic E-state index is -0.335. The minimum absolute atomic E-state index is 0.326. The highest BCUT2D eigenvalue weighted by molar-refractivity contribution is 7.80. The molecule has 1 aromatic rings. The van der Waals surface area contributed by atoms with E-state index in [2.05, 4.69) is 4.98 Å². The molecular formula is C7H10N2OS2. The summed E-state index contributed by atoms with van der Waals surface area (Å²) in [7, 11) is 1.57. The largest absolute Gasteiger partial charge is 0.391 e. The monoisotopic (exact) mass is 202 g/mol. The average molecular weight is 202 g/mol. The Morgan fingerprint density at radius 1 is 1.83 bits per heavy atom. The molecule has 0 aromatic carbocycles. The first-order valence-corrected chi connectivity index (χ1v) is 4.68. The fraction of sp³-hybridized carbons (Fsp3) is 0.429. The van der Waals surface area contributed by atoms with Crippen molar-refractivity contribution in [2.45, 2.75) is 13.0 Å². The second-order valence-corrected chi connectivity index (χ2v) is 3.71. The van der Waals surface area contributed by atoms with Crippen LogP contribution in [-0.2, 0) is 4.74 Å². The third-order valence-corrected chi connectivity index (χ3v) is 2.58. The second kappa shape index (κ2) is 3.93. The van der Waals surface area contributed by atoms with Crippen LogP contribution in [0.25, 0.3) is 0 Å². The van der Waals surface area contributed by atoms with E-state index in [0.717, 1.165) is 10.7 Å². The molecule has 2 N–H and O–H groups in total. The van der Waals surface area contributed by atoms with Crippen LogP contribution in [0, 0.1) is 6.92 Å². The number of thiazole rings is 1. The highest BCUT2D eigenvalue weighted by Gasteiger charge is 2.16. The van der Waals surface area contributed by atoms with Gasteiger partial charge in [-0.3, -0.25) is 0 Å². The molecule has 0 radical (unpaired) electrons. The minimum Gasteiger partial charge on any atom is -0.391 e. The number of methoxy groups -OCH3 is 1. The quantitative estimate of drug-likeness (QED) is 0.753. The molecule has 1 atom stereocenters. The van der Waals surface area contributed by atoms with Crippen LogP contribution in [0.2, 0.25) is 0 Å². The van der Waals surface area contributed by atoms with Crippen molar-refractivity contribution >= 4 is 28.5 Å². The van der Waals surface area contributed by atoms with Gasteiger partial charge >= 0.3 is 0 Å². The van der Waals surface area contributed by atoms with Gasteiger partial charge in [0.1, 0.15) is 10.00 Å². The number of thiocarbonyl (C=S) groups is 1. The van der Waals surface area contributed by atoms with Crippen molar-refractivity contribution in [3.8, 4) is 0 Å². The van der Waals surface area contributed by atoms with Crippen molar-refractivity contribution in [1.29, 1.82) is 0 Å². The number of nitrogens with zero attached hydrogens (tertiary/aromatic N) is 1. The summed E-state index contributed by atoms with van der Waals surface area (Å²) >= 11 is 6.33. The van der Waals surface area contributed by atoms with E-state index in [4.69, 9.17) is 22.7 Å². The van der Waals surface area contributed by atoms with Gasteiger partial charge in [-0.1, -0.05) is 12.2 Å². The molecule has 0 saturated heterocycles. The second-order valence-electron chi connectivity index (χ2n) is 2.35. The van der Waals surface area contributed by atoms with E-state index < -0.39 is 0 Å². The number of aromatic nitrogens is 1. The van der Waals surface area contributed by atoms with Gasteiger partial charge < -0.3 is 10.5 Å². The Morgan fingerprint density at radius 3 is 2.83 bits per heavy atom. The topological polar surface area (TPSA) is 48.1 Å². The number of rotatable bonds is 3. The fourth-order valence-electron chi connectivity index (χ4n) is 0.831. The van der Waals surface area contributed by atoms with Crippen LogP contribution >= 0.6 is 23.6 Å². The van der Waals surface area contributed by atoms with E-state index in [0.29, 0.717) is 4.99 Å². The molecule has 0 bridgehead atoms. The van der Waals surface area contributed by atoms with Crippen molar-refractivity contribution in [2.24, 2.45) is 5.73 Å². The van der Waals surface area contributed by atoms with Crippen molar-refractivity contribution in [3.63, 3.8) is 0 Å². The average Bonchev–Trinajstić information content (AvgIpc) is 2.37. The van der Waals surface area contributed by atoms with E-state index in [-0.39, 0.29) is 6.10 Å². The maximum atomic E-state index is 5.46. The Bertz CT molecular complexity index is 285. The molecule has 0 aliphatic rings. The van der Waals surface area contributed by atoms with E-state index in [1.807, 2.05) is 12.3 Å². The molecule has 5 heteroatoms. The molecular weight excluding hydrogens is 192 g/mol. The highest BCUT2D eigenvalue weighted by Crippen LogP contribution is 2.20. The molecule has 1 heterocycles. The van der Waals surface area contributed by atoms with Crippen LogP contribution in [0.3, 0.4) is 0 Å². The molecule has 0 aliphatic carbocycles. The molecule has 1 unspecified atom stereocenters. The van der Waals surface area contributed by atoms with Crippen LogP contribution in [0.5, 0.6) is 0 Å². The lowest BCUT2D eigenvalue weighted by Crippen LogP contribution is -2.20. The van der Waals surface area contributed by atoms with Gasteiger partial charge in [-0.2, -0.15) is 0 Å². The summed E-state index contributed by atoms with van der Waals surface area (Å²) in [6.07, 6.45) is -0.335. The summed E-state index contributed by atoms with van der Waals surface area (Å²) < 4.78 is 5.09. The highest BCUT2D eigenvalue weighted by atomic mass is 32.1. The fourth-order valence-corrected chi connectivity index (χ4v) is 2.00. The van der Waals surface area contributed by atoms with Crippen molar-refractivity contribution in [2.75, 3.05) is 7.11 Å². The van der Waals surface area contributed by atoms with Gasteiger partial charge in [-0.25, -0.2) is 4.98 Å². The van der Waals surface area contributed by atoms with Crippen LogP contribution < -0.4 is 5.73 Å². The molecule has 3 nitrogen and oxygen atoms in total. The summed E-state index contributed by atoms with van der Waals surface area (Å²) in [6.45, 7) is 1.92. The number of hydrogen-bond acceptors (Lipinski definition) is 4. The zero-order chi connectivity index (χ0) is 9.14. The van der Waals surface area contributed by atoms with Gasteiger partial charge in [0.25, 0.3) is 0 Å². The van der Waals surface area contributed by atoms with Crippen LogP contribution in [0.15, 0.2) is 5.38 Å². The predicted molar refractivity (Wildman–Crippen MR) is 53.4 cm³/mol. The van der Waals surface area contributed by atoms with Gasteiger partial charge in [0.05, 0.1) is 0 Å². The Balaban J connectivity index is 2.87. The van der Waals surface area contributed by atoms with Gasteiger partial charge in [-0.15, -0.1) is 11.3 Å². The van der Waals surface area contributed by atoms with Gasteiger partial charge in [0, 0.05) is 18.2 Å². The maximum absolute atomic E-state index is 5.46. The summed E-state index contributed by atoms with van der Waals surface area (Å²) in [5.74, 6) is 0. The van der Waals surface area contributed by atoms with E-state index in [1.54, 1.807) is 7.11 Å². The van der Waals surface area contributed by atoms with Gasteiger partial charge in [0.15, 0.2) is 6.10 Å². The molecule has 1 rings (SSSR count). The lowest BCUT2D eigenvalue weighted by molar-refractivity contribution is 0.158. The Kier molecular flexibility index (Phi) is 3.13. The molecule has 0 spiro atoms. The first kappa shape index (κ1) is 9.57. The molecule has 12 heavy (non-hydrogen) atoms. The third-order valence-electron chi connectivity index (χ3n) is 1.36. The Hall–Kier alpha value is -0.520. The SMILES string of the molecule is COC(C(N)=S)c1nc(C)cs1. The van der Waals surface area contributed by atoms with Crippen molar-refractivity contribution in [3.05, 3.63) is 16.1 Å². The van der Waals surface area contributed by atoms with Crippen LogP contribution in [-0.4, -0.2) is 17.1 Å². The molecule has 0 amide bonds.